The fourth-order valence-electron chi connectivity index (χ4n) is 5.03. The van der Waals surface area contributed by atoms with E-state index in [1.54, 1.807) is 24.9 Å². The zero-order valence-electron chi connectivity index (χ0n) is 21.9. The minimum atomic E-state index is -0.987. The van der Waals surface area contributed by atoms with E-state index in [0.717, 1.165) is 25.7 Å². The lowest BCUT2D eigenvalue weighted by molar-refractivity contribution is -0.136. The molecule has 0 aliphatic heterocycles. The van der Waals surface area contributed by atoms with E-state index < -0.39 is 5.97 Å². The van der Waals surface area contributed by atoms with Gasteiger partial charge in [0.1, 0.15) is 0 Å². The van der Waals surface area contributed by atoms with Gasteiger partial charge in [0, 0.05) is 12.1 Å². The molecule has 0 radical (unpaired) electrons. The molecule has 0 unspecified atom stereocenters. The van der Waals surface area contributed by atoms with E-state index in [2.05, 4.69) is 31.4 Å². The van der Waals surface area contributed by atoms with Gasteiger partial charge in [-0.15, -0.1) is 0 Å². The van der Waals surface area contributed by atoms with Crippen LogP contribution >= 0.6 is 0 Å². The molecule has 0 heterocycles. The lowest BCUT2D eigenvalue weighted by atomic mass is 9.67. The van der Waals surface area contributed by atoms with Crippen LogP contribution < -0.4 is 10.6 Å². The molecule has 0 aromatic rings. The van der Waals surface area contributed by atoms with E-state index in [1.807, 2.05) is 13.8 Å². The number of rotatable bonds is 13. The summed E-state index contributed by atoms with van der Waals surface area (Å²) in [6.07, 6.45) is 9.33. The molecule has 0 aromatic carbocycles. The van der Waals surface area contributed by atoms with Gasteiger partial charge in [-0.2, -0.15) is 0 Å². The quantitative estimate of drug-likeness (QED) is 0.357. The van der Waals surface area contributed by atoms with Crippen LogP contribution in [0.3, 0.4) is 0 Å². The van der Waals surface area contributed by atoms with Gasteiger partial charge in [0.15, 0.2) is 0 Å². The summed E-state index contributed by atoms with van der Waals surface area (Å²) in [7, 11) is 1.80. The molecule has 1 aliphatic carbocycles. The third-order valence-corrected chi connectivity index (χ3v) is 7.24. The van der Waals surface area contributed by atoms with Crippen molar-refractivity contribution in [3.8, 4) is 0 Å². The third kappa shape index (κ3) is 8.43. The minimum Gasteiger partial charge on any atom is -0.478 e. The largest absolute Gasteiger partial charge is 0.478 e. The number of hydrogen-bond acceptors (Lipinski definition) is 4. The molecular formula is C26H47N3O4. The highest BCUT2D eigenvalue weighted by Gasteiger charge is 2.41. The van der Waals surface area contributed by atoms with Crippen molar-refractivity contribution in [3.05, 3.63) is 11.6 Å². The van der Waals surface area contributed by atoms with E-state index in [4.69, 9.17) is 0 Å². The lowest BCUT2D eigenvalue weighted by Crippen LogP contribution is -2.56. The highest BCUT2D eigenvalue weighted by Crippen LogP contribution is 2.40. The molecule has 0 spiro atoms. The van der Waals surface area contributed by atoms with Crippen molar-refractivity contribution in [2.75, 3.05) is 20.1 Å². The van der Waals surface area contributed by atoms with E-state index in [1.165, 1.54) is 19.3 Å². The van der Waals surface area contributed by atoms with Crippen LogP contribution in [0.25, 0.3) is 0 Å². The molecule has 1 fully saturated rings. The molecule has 7 nitrogen and oxygen atoms in total. The molecule has 2 amide bonds. The van der Waals surface area contributed by atoms with Crippen molar-refractivity contribution < 1.29 is 19.5 Å². The summed E-state index contributed by atoms with van der Waals surface area (Å²) in [4.78, 5) is 39.5. The Morgan fingerprint density at radius 3 is 2.24 bits per heavy atom. The molecule has 33 heavy (non-hydrogen) atoms. The first-order valence-electron chi connectivity index (χ1n) is 12.6. The molecule has 3 N–H and O–H groups in total. The van der Waals surface area contributed by atoms with Crippen LogP contribution in [0.5, 0.6) is 0 Å². The smallest absolute Gasteiger partial charge is 0.331 e. The number of hydrogen-bond donors (Lipinski definition) is 3. The normalized spacial score (nSPS) is 17.5. The van der Waals surface area contributed by atoms with Gasteiger partial charge in [-0.25, -0.2) is 4.79 Å². The summed E-state index contributed by atoms with van der Waals surface area (Å²) in [5.74, 6) is -0.809. The van der Waals surface area contributed by atoms with Crippen molar-refractivity contribution in [2.45, 2.75) is 98.6 Å². The van der Waals surface area contributed by atoms with Gasteiger partial charge in [-0.3, -0.25) is 9.59 Å². The Hall–Kier alpha value is -1.89. The predicted octanol–water partition coefficient (Wildman–Crippen LogP) is 3.98. The molecule has 0 aromatic heterocycles. The van der Waals surface area contributed by atoms with Crippen molar-refractivity contribution in [1.29, 1.82) is 0 Å². The third-order valence-electron chi connectivity index (χ3n) is 7.24. The second-order valence-corrected chi connectivity index (χ2v) is 10.4. The van der Waals surface area contributed by atoms with Gasteiger partial charge in [0.25, 0.3) is 0 Å². The van der Waals surface area contributed by atoms with Crippen molar-refractivity contribution >= 4 is 17.8 Å². The van der Waals surface area contributed by atoms with Gasteiger partial charge in [0.05, 0.1) is 18.6 Å². The Morgan fingerprint density at radius 2 is 1.76 bits per heavy atom. The topological polar surface area (TPSA) is 98.7 Å². The highest BCUT2D eigenvalue weighted by atomic mass is 16.4. The SMILES string of the molecule is CCCCN(C(=O)CNC(=O)[C@@H](NC)C(C)(C)C1CCCCC1)[C@H](/C=C(\C)C(=O)O)C(C)C. The van der Waals surface area contributed by atoms with Crippen LogP contribution in [0, 0.1) is 17.3 Å². The minimum absolute atomic E-state index is 0.0473. The Morgan fingerprint density at radius 1 is 1.15 bits per heavy atom. The van der Waals surface area contributed by atoms with E-state index in [9.17, 15) is 19.5 Å². The Labute approximate surface area is 200 Å². The summed E-state index contributed by atoms with van der Waals surface area (Å²) in [5, 5.41) is 15.4. The van der Waals surface area contributed by atoms with Crippen molar-refractivity contribution in [3.63, 3.8) is 0 Å². The van der Waals surface area contributed by atoms with Crippen LogP contribution in [-0.4, -0.2) is 60.0 Å². The number of unbranched alkanes of at least 4 members (excludes halogenated alkanes) is 1. The maximum absolute atomic E-state index is 13.2. The average Bonchev–Trinajstić information content (AvgIpc) is 2.77. The predicted molar refractivity (Wildman–Crippen MR) is 133 cm³/mol. The summed E-state index contributed by atoms with van der Waals surface area (Å²) < 4.78 is 0. The number of carboxylic acids is 1. The molecule has 1 rings (SSSR count). The van der Waals surface area contributed by atoms with E-state index in [0.29, 0.717) is 12.5 Å². The second-order valence-electron chi connectivity index (χ2n) is 10.4. The fourth-order valence-corrected chi connectivity index (χ4v) is 5.03. The van der Waals surface area contributed by atoms with Gasteiger partial charge in [0.2, 0.25) is 11.8 Å². The number of nitrogens with zero attached hydrogens (tertiary/aromatic N) is 1. The molecule has 0 bridgehead atoms. The number of aliphatic carboxylic acids is 1. The van der Waals surface area contributed by atoms with Gasteiger partial charge in [-0.05, 0) is 50.5 Å². The summed E-state index contributed by atoms with van der Waals surface area (Å²) in [6, 6.07) is -0.719. The number of likely N-dealkylation sites (N-methyl/N-ethyl adjacent to an activating group) is 1. The van der Waals surface area contributed by atoms with Crippen LogP contribution in [-0.2, 0) is 14.4 Å². The lowest BCUT2D eigenvalue weighted by Gasteiger charge is -2.42. The number of nitrogens with one attached hydrogen (secondary N) is 2. The first-order chi connectivity index (χ1) is 15.5. The van der Waals surface area contributed by atoms with Crippen LogP contribution in [0.4, 0.5) is 0 Å². The molecule has 1 aliphatic rings. The second kappa shape index (κ2) is 13.7. The zero-order chi connectivity index (χ0) is 25.2. The maximum Gasteiger partial charge on any atom is 0.331 e. The van der Waals surface area contributed by atoms with Gasteiger partial charge >= 0.3 is 5.97 Å². The molecule has 1 saturated carbocycles. The average molecular weight is 466 g/mol. The van der Waals surface area contributed by atoms with Gasteiger partial charge < -0.3 is 20.6 Å². The summed E-state index contributed by atoms with van der Waals surface area (Å²) in [5.41, 5.74) is 0.00273. The van der Waals surface area contributed by atoms with E-state index in [-0.39, 0.29) is 47.3 Å². The number of carbonyl (C=O) groups is 3. The first-order valence-corrected chi connectivity index (χ1v) is 12.6. The number of carboxylic acid groups (broad SMARTS) is 1. The molecular weight excluding hydrogens is 418 g/mol. The number of amides is 2. The zero-order valence-corrected chi connectivity index (χ0v) is 21.9. The monoisotopic (exact) mass is 465 g/mol. The first kappa shape index (κ1) is 29.1. The fraction of sp³-hybridized carbons (Fsp3) is 0.808. The van der Waals surface area contributed by atoms with Crippen LogP contribution in [0.1, 0.15) is 86.5 Å². The van der Waals surface area contributed by atoms with E-state index >= 15 is 0 Å². The van der Waals surface area contributed by atoms with Crippen molar-refractivity contribution in [2.24, 2.45) is 17.3 Å². The number of carbonyl (C=O) groups excluding carboxylic acids is 2. The Bertz CT molecular complexity index is 681. The van der Waals surface area contributed by atoms with Crippen LogP contribution in [0.2, 0.25) is 0 Å². The maximum atomic E-state index is 13.2. The van der Waals surface area contributed by atoms with Gasteiger partial charge in [-0.1, -0.05) is 66.4 Å². The molecule has 2 atom stereocenters. The Balaban J connectivity index is 2.96. The molecule has 0 saturated heterocycles. The standard InChI is InChI=1S/C26H47N3O4/c1-8-9-15-29(21(18(2)3)16-19(4)25(32)33)22(30)17-28-24(31)23(27-7)26(5,6)20-13-11-10-12-14-20/h16,18,20-21,23,27H,8-15,17H2,1-7H3,(H,28,31)(H,32,33)/b19-16+/t21-,23-/m1/s1. The molecule has 190 valence electrons. The Kier molecular flexibility index (Phi) is 12.1. The summed E-state index contributed by atoms with van der Waals surface area (Å²) >= 11 is 0. The highest BCUT2D eigenvalue weighted by molar-refractivity contribution is 5.89. The molecule has 7 heteroatoms. The van der Waals surface area contributed by atoms with Crippen molar-refractivity contribution in [1.82, 2.24) is 15.5 Å². The summed E-state index contributed by atoms with van der Waals surface area (Å²) in [6.45, 7) is 12.3. The van der Waals surface area contributed by atoms with Crippen LogP contribution in [0.15, 0.2) is 11.6 Å².